The molecule has 5 aliphatic rings. The predicted octanol–water partition coefficient (Wildman–Crippen LogP) is 5.68. The number of halogens is 1. The van der Waals surface area contributed by atoms with E-state index in [-0.39, 0.29) is 0 Å². The van der Waals surface area contributed by atoms with Crippen molar-refractivity contribution < 1.29 is 9.84 Å². The Balaban J connectivity index is 0.980. The second-order valence-electron chi connectivity index (χ2n) is 11.9. The van der Waals surface area contributed by atoms with E-state index in [1.807, 2.05) is 6.07 Å². The van der Waals surface area contributed by atoms with Crippen LogP contribution in [-0.4, -0.2) is 55.4 Å². The maximum absolute atomic E-state index is 10.6. The first-order valence-corrected chi connectivity index (χ1v) is 14.0. The molecule has 35 heavy (non-hydrogen) atoms. The normalized spacial score (nSPS) is 31.1. The minimum atomic E-state index is -0.489. The van der Waals surface area contributed by atoms with Crippen LogP contribution >= 0.6 is 11.6 Å². The summed E-state index contributed by atoms with van der Waals surface area (Å²) in [6.07, 6.45) is 8.12. The van der Waals surface area contributed by atoms with Gasteiger partial charge < -0.3 is 14.7 Å². The standard InChI is InChI=1S/C30H39ClN2O2/c1-21-2-5-26(31)15-29(21)33-10-8-32(9-11-33)19-27(34)20-35-28-6-3-25(4-7-28)30-16-22-12-23(17-30)14-24(13-22)18-30/h2-7,15,22-24,27,34H,8-14,16-20H2,1H3/t22?,23?,24?,27-,30?/m1/s1. The minimum absolute atomic E-state index is 0.338. The number of hydrogen-bond donors (Lipinski definition) is 1. The summed E-state index contributed by atoms with van der Waals surface area (Å²) in [6, 6.07) is 15.0. The van der Waals surface area contributed by atoms with Gasteiger partial charge in [0.25, 0.3) is 0 Å². The van der Waals surface area contributed by atoms with Gasteiger partial charge in [-0.3, -0.25) is 4.90 Å². The van der Waals surface area contributed by atoms with Crippen LogP contribution in [0.3, 0.4) is 0 Å². The van der Waals surface area contributed by atoms with E-state index in [0.29, 0.717) is 18.6 Å². The van der Waals surface area contributed by atoms with Crippen LogP contribution in [0.2, 0.25) is 5.02 Å². The summed E-state index contributed by atoms with van der Waals surface area (Å²) in [5, 5.41) is 11.4. The highest BCUT2D eigenvalue weighted by molar-refractivity contribution is 6.30. The zero-order valence-electron chi connectivity index (χ0n) is 21.0. The van der Waals surface area contributed by atoms with Crippen LogP contribution in [-0.2, 0) is 5.41 Å². The predicted molar refractivity (Wildman–Crippen MR) is 143 cm³/mol. The Morgan fingerprint density at radius 1 is 0.943 bits per heavy atom. The van der Waals surface area contributed by atoms with Crippen molar-refractivity contribution in [3.63, 3.8) is 0 Å². The van der Waals surface area contributed by atoms with Crippen LogP contribution in [0.1, 0.15) is 49.7 Å². The number of anilines is 1. The maximum Gasteiger partial charge on any atom is 0.119 e. The fourth-order valence-corrected chi connectivity index (χ4v) is 8.17. The first kappa shape index (κ1) is 23.6. The molecule has 0 radical (unpaired) electrons. The molecule has 4 bridgehead atoms. The van der Waals surface area contributed by atoms with E-state index < -0.39 is 6.10 Å². The molecular formula is C30H39ClN2O2. The SMILES string of the molecule is Cc1ccc(Cl)cc1N1CCN(C[C@@H](O)COc2ccc(C34CC5CC(CC(C5)C3)C4)cc2)CC1. The van der Waals surface area contributed by atoms with Crippen molar-refractivity contribution in [3.05, 3.63) is 58.6 Å². The highest BCUT2D eigenvalue weighted by Gasteiger charge is 2.51. The molecule has 188 valence electrons. The molecule has 7 rings (SSSR count). The van der Waals surface area contributed by atoms with Crippen molar-refractivity contribution in [2.75, 3.05) is 44.2 Å². The lowest BCUT2D eigenvalue weighted by Gasteiger charge is -2.57. The van der Waals surface area contributed by atoms with Gasteiger partial charge in [0.2, 0.25) is 0 Å². The van der Waals surface area contributed by atoms with Gasteiger partial charge in [-0.15, -0.1) is 0 Å². The van der Waals surface area contributed by atoms with Gasteiger partial charge in [0.15, 0.2) is 0 Å². The molecule has 0 unspecified atom stereocenters. The monoisotopic (exact) mass is 494 g/mol. The van der Waals surface area contributed by atoms with Crippen LogP contribution in [0.4, 0.5) is 5.69 Å². The average Bonchev–Trinajstić information content (AvgIpc) is 2.84. The molecule has 4 nitrogen and oxygen atoms in total. The number of aliphatic hydroxyl groups excluding tert-OH is 1. The summed E-state index contributed by atoms with van der Waals surface area (Å²) in [5.74, 6) is 3.76. The molecule has 4 saturated carbocycles. The van der Waals surface area contributed by atoms with E-state index in [9.17, 15) is 5.11 Å². The lowest BCUT2D eigenvalue weighted by molar-refractivity contribution is -0.00522. The third-order valence-corrected chi connectivity index (χ3v) is 9.54. The lowest BCUT2D eigenvalue weighted by atomic mass is 9.48. The van der Waals surface area contributed by atoms with Crippen LogP contribution in [0.25, 0.3) is 0 Å². The number of nitrogens with zero attached hydrogens (tertiary/aromatic N) is 2. The smallest absolute Gasteiger partial charge is 0.119 e. The molecule has 2 aromatic carbocycles. The number of aliphatic hydroxyl groups is 1. The summed E-state index contributed by atoms with van der Waals surface area (Å²) >= 11 is 6.21. The molecule has 5 heteroatoms. The number of aryl methyl sites for hydroxylation is 1. The summed E-state index contributed by atoms with van der Waals surface area (Å²) < 4.78 is 6.00. The first-order chi connectivity index (χ1) is 17.0. The average molecular weight is 495 g/mol. The molecular weight excluding hydrogens is 456 g/mol. The molecule has 1 aliphatic heterocycles. The largest absolute Gasteiger partial charge is 0.491 e. The highest BCUT2D eigenvalue weighted by Crippen LogP contribution is 2.60. The molecule has 1 N–H and O–H groups in total. The Morgan fingerprint density at radius 3 is 2.20 bits per heavy atom. The Hall–Kier alpha value is -1.75. The fraction of sp³-hybridized carbons (Fsp3) is 0.600. The summed E-state index contributed by atoms with van der Waals surface area (Å²) in [5.41, 5.74) is 4.43. The van der Waals surface area contributed by atoms with E-state index >= 15 is 0 Å². The van der Waals surface area contributed by atoms with Crippen molar-refractivity contribution in [2.24, 2.45) is 17.8 Å². The van der Waals surface area contributed by atoms with Crippen molar-refractivity contribution in [1.29, 1.82) is 0 Å². The van der Waals surface area contributed by atoms with Gasteiger partial charge in [0.05, 0.1) is 0 Å². The molecule has 1 atom stereocenters. The number of rotatable bonds is 7. The molecule has 1 heterocycles. The number of hydrogen-bond acceptors (Lipinski definition) is 4. The van der Waals surface area contributed by atoms with Gasteiger partial charge in [-0.2, -0.15) is 0 Å². The molecule has 0 aromatic heterocycles. The van der Waals surface area contributed by atoms with Crippen LogP contribution in [0.5, 0.6) is 5.75 Å². The highest BCUT2D eigenvalue weighted by atomic mass is 35.5. The quantitative estimate of drug-likeness (QED) is 0.537. The Bertz CT molecular complexity index is 996. The zero-order chi connectivity index (χ0) is 24.0. The molecule has 0 spiro atoms. The maximum atomic E-state index is 10.6. The summed E-state index contributed by atoms with van der Waals surface area (Å²) in [6.45, 7) is 6.87. The van der Waals surface area contributed by atoms with Gasteiger partial charge in [0.1, 0.15) is 18.5 Å². The molecule has 1 saturated heterocycles. The third kappa shape index (κ3) is 4.95. The van der Waals surface area contributed by atoms with Crippen LogP contribution in [0, 0.1) is 24.7 Å². The van der Waals surface area contributed by atoms with Crippen LogP contribution in [0.15, 0.2) is 42.5 Å². The fourth-order valence-electron chi connectivity index (χ4n) is 8.01. The van der Waals surface area contributed by atoms with Crippen molar-refractivity contribution in [2.45, 2.75) is 57.0 Å². The zero-order valence-corrected chi connectivity index (χ0v) is 21.7. The number of β-amino-alcohol motifs (C(OH)–C–C–N with tert-alkyl or cyclic N) is 1. The molecule has 0 amide bonds. The van der Waals surface area contributed by atoms with E-state index in [1.54, 1.807) is 0 Å². The summed E-state index contributed by atoms with van der Waals surface area (Å²) in [4.78, 5) is 4.73. The number of piperazine rings is 1. The Labute approximate surface area is 215 Å². The lowest BCUT2D eigenvalue weighted by Crippen LogP contribution is -2.49. The van der Waals surface area contributed by atoms with E-state index in [0.717, 1.165) is 54.7 Å². The van der Waals surface area contributed by atoms with Gasteiger partial charge >= 0.3 is 0 Å². The molecule has 2 aromatic rings. The van der Waals surface area contributed by atoms with Crippen molar-refractivity contribution in [1.82, 2.24) is 4.90 Å². The number of benzene rings is 2. The summed E-state index contributed by atoms with van der Waals surface area (Å²) in [7, 11) is 0. The second kappa shape index (κ2) is 9.61. The van der Waals surface area contributed by atoms with E-state index in [4.69, 9.17) is 16.3 Å². The third-order valence-electron chi connectivity index (χ3n) is 9.30. The van der Waals surface area contributed by atoms with Gasteiger partial charge in [-0.1, -0.05) is 29.8 Å². The van der Waals surface area contributed by atoms with E-state index in [1.165, 1.54) is 55.3 Å². The Morgan fingerprint density at radius 2 is 1.57 bits per heavy atom. The minimum Gasteiger partial charge on any atom is -0.491 e. The number of ether oxygens (including phenoxy) is 1. The van der Waals surface area contributed by atoms with Gasteiger partial charge in [-0.05, 0) is 104 Å². The molecule has 4 aliphatic carbocycles. The van der Waals surface area contributed by atoms with Gasteiger partial charge in [0, 0.05) is 43.4 Å². The van der Waals surface area contributed by atoms with E-state index in [2.05, 4.69) is 53.1 Å². The first-order valence-electron chi connectivity index (χ1n) is 13.6. The molecule has 5 fully saturated rings. The topological polar surface area (TPSA) is 35.9 Å². The second-order valence-corrected chi connectivity index (χ2v) is 12.3. The van der Waals surface area contributed by atoms with Crippen molar-refractivity contribution >= 4 is 17.3 Å². The van der Waals surface area contributed by atoms with Crippen LogP contribution < -0.4 is 9.64 Å². The van der Waals surface area contributed by atoms with Gasteiger partial charge in [-0.25, -0.2) is 0 Å². The van der Waals surface area contributed by atoms with Crippen molar-refractivity contribution in [3.8, 4) is 5.75 Å². The Kier molecular flexibility index (Phi) is 6.49.